The zero-order valence-electron chi connectivity index (χ0n) is 23.4. The van der Waals surface area contributed by atoms with Gasteiger partial charge in [-0.1, -0.05) is 47.5 Å². The molecular weight excluding hydrogens is 759 g/mol. The second-order valence-corrected chi connectivity index (χ2v) is 12.2. The number of amides is 1. The Kier molecular flexibility index (Phi) is 12.0. The molecule has 230 valence electrons. The number of hydrazone groups is 1. The summed E-state index contributed by atoms with van der Waals surface area (Å²) in [7, 11) is 0. The fraction of sp³-hybridized carbons (Fsp3) is 0.200. The van der Waals surface area contributed by atoms with Gasteiger partial charge in [0.1, 0.15) is 18.1 Å². The molecule has 0 fully saturated rings. The Hall–Kier alpha value is -3.16. The standard InChI is InChI=1S/C30H26Br2Cl2N4O5S/c1-3-41-29(40)26-16(2)36-30(44)37-27(26)19-6-4-5-7-24(19)42-15-25(39)38-35-13-18-10-20(31)28(21(32)11-18)43-14-17-8-9-22(33)23(34)12-17/h4-13,27H,3,14-15H2,1-2H3,(H,38,39)(H2,36,37,44)/t27-/m1/s1. The van der Waals surface area contributed by atoms with Crippen molar-refractivity contribution in [3.05, 3.63) is 102 Å². The summed E-state index contributed by atoms with van der Waals surface area (Å²) in [6.45, 7) is 3.66. The number of carbonyl (C=O) groups is 2. The number of nitrogens with one attached hydrogen (secondary N) is 3. The molecule has 0 bridgehead atoms. The van der Waals surface area contributed by atoms with E-state index in [9.17, 15) is 9.59 Å². The molecule has 1 aliphatic rings. The van der Waals surface area contributed by atoms with Crippen LogP contribution in [0.5, 0.6) is 11.5 Å². The third-order valence-corrected chi connectivity index (χ3v) is 8.28. The fourth-order valence-electron chi connectivity index (χ4n) is 4.19. The molecule has 0 aliphatic carbocycles. The van der Waals surface area contributed by atoms with Gasteiger partial charge >= 0.3 is 5.97 Å². The molecule has 3 N–H and O–H groups in total. The van der Waals surface area contributed by atoms with E-state index in [0.29, 0.717) is 58.0 Å². The van der Waals surface area contributed by atoms with Crippen molar-refractivity contribution in [2.24, 2.45) is 5.10 Å². The summed E-state index contributed by atoms with van der Waals surface area (Å²) in [5.41, 5.74) is 5.57. The average Bonchev–Trinajstić information content (AvgIpc) is 2.97. The Morgan fingerprint density at radius 2 is 1.80 bits per heavy atom. The number of halogens is 4. The largest absolute Gasteiger partial charge is 0.487 e. The van der Waals surface area contributed by atoms with Gasteiger partial charge in [0.2, 0.25) is 0 Å². The lowest BCUT2D eigenvalue weighted by atomic mass is 9.95. The van der Waals surface area contributed by atoms with Crippen molar-refractivity contribution >= 4 is 90.5 Å². The molecule has 0 radical (unpaired) electrons. The lowest BCUT2D eigenvalue weighted by molar-refractivity contribution is -0.139. The van der Waals surface area contributed by atoms with Gasteiger partial charge in [-0.05, 0) is 99.4 Å². The molecule has 1 heterocycles. The van der Waals surface area contributed by atoms with Crippen molar-refractivity contribution in [1.82, 2.24) is 16.1 Å². The van der Waals surface area contributed by atoms with Crippen LogP contribution in [0.1, 0.15) is 36.6 Å². The number of hydrogen-bond donors (Lipinski definition) is 3. The van der Waals surface area contributed by atoms with Crippen LogP contribution in [0.2, 0.25) is 10.0 Å². The van der Waals surface area contributed by atoms with E-state index < -0.39 is 17.9 Å². The number of hydrogen-bond acceptors (Lipinski definition) is 7. The minimum absolute atomic E-state index is 0.220. The van der Waals surface area contributed by atoms with E-state index in [4.69, 9.17) is 49.6 Å². The summed E-state index contributed by atoms with van der Waals surface area (Å²) >= 11 is 24.4. The lowest BCUT2D eigenvalue weighted by Gasteiger charge is -2.30. The summed E-state index contributed by atoms with van der Waals surface area (Å²) < 4.78 is 18.4. The van der Waals surface area contributed by atoms with E-state index in [0.717, 1.165) is 5.56 Å². The second kappa shape index (κ2) is 15.7. The fourth-order valence-corrected chi connectivity index (χ4v) is 6.23. The molecule has 3 aromatic rings. The summed E-state index contributed by atoms with van der Waals surface area (Å²) in [6.07, 6.45) is 1.49. The third kappa shape index (κ3) is 8.72. The molecule has 1 aliphatic heterocycles. The average molecular weight is 785 g/mol. The zero-order valence-corrected chi connectivity index (χ0v) is 28.9. The van der Waals surface area contributed by atoms with Gasteiger partial charge in [-0.3, -0.25) is 4.79 Å². The molecule has 44 heavy (non-hydrogen) atoms. The van der Waals surface area contributed by atoms with Gasteiger partial charge in [-0.25, -0.2) is 10.2 Å². The summed E-state index contributed by atoms with van der Waals surface area (Å²) in [6, 6.07) is 15.3. The van der Waals surface area contributed by atoms with Crippen LogP contribution in [0.25, 0.3) is 0 Å². The molecule has 0 saturated carbocycles. The quantitative estimate of drug-likeness (QED) is 0.0828. The first-order valence-corrected chi connectivity index (χ1v) is 15.9. The van der Waals surface area contributed by atoms with E-state index in [1.54, 1.807) is 62.4 Å². The SMILES string of the molecule is CCOC(=O)C1=C(C)NC(=S)N[C@@H]1c1ccccc1OCC(=O)NN=Cc1cc(Br)c(OCc2ccc(Cl)c(Cl)c2)c(Br)c1. The Morgan fingerprint density at radius 3 is 2.50 bits per heavy atom. The number of carbonyl (C=O) groups excluding carboxylic acids is 2. The van der Waals surface area contributed by atoms with Crippen molar-refractivity contribution in [2.45, 2.75) is 26.5 Å². The highest BCUT2D eigenvalue weighted by atomic mass is 79.9. The Labute approximate surface area is 286 Å². The van der Waals surface area contributed by atoms with Crippen molar-refractivity contribution in [1.29, 1.82) is 0 Å². The van der Waals surface area contributed by atoms with E-state index in [1.807, 2.05) is 6.07 Å². The van der Waals surface area contributed by atoms with Crippen LogP contribution < -0.4 is 25.5 Å². The molecule has 4 rings (SSSR count). The second-order valence-electron chi connectivity index (χ2n) is 9.26. The Morgan fingerprint density at radius 1 is 1.07 bits per heavy atom. The summed E-state index contributed by atoms with van der Waals surface area (Å²) in [4.78, 5) is 25.3. The van der Waals surface area contributed by atoms with Gasteiger partial charge in [-0.15, -0.1) is 0 Å². The molecule has 1 amide bonds. The number of thiocarbonyl (C=S) groups is 1. The van der Waals surface area contributed by atoms with E-state index >= 15 is 0 Å². The van der Waals surface area contributed by atoms with Crippen LogP contribution in [0.3, 0.4) is 0 Å². The van der Waals surface area contributed by atoms with Gasteiger partial charge < -0.3 is 24.8 Å². The van der Waals surface area contributed by atoms with Gasteiger partial charge in [0.25, 0.3) is 5.91 Å². The molecule has 1 atom stereocenters. The topological polar surface area (TPSA) is 110 Å². The lowest BCUT2D eigenvalue weighted by Crippen LogP contribution is -2.45. The number of benzene rings is 3. The number of para-hydroxylation sites is 1. The van der Waals surface area contributed by atoms with Gasteiger partial charge in [0, 0.05) is 11.3 Å². The van der Waals surface area contributed by atoms with Crippen molar-refractivity contribution in [3.63, 3.8) is 0 Å². The van der Waals surface area contributed by atoms with Gasteiger partial charge in [-0.2, -0.15) is 5.10 Å². The van der Waals surface area contributed by atoms with Crippen molar-refractivity contribution in [3.8, 4) is 11.5 Å². The highest BCUT2D eigenvalue weighted by Crippen LogP contribution is 2.36. The zero-order chi connectivity index (χ0) is 31.8. The number of rotatable bonds is 11. The first-order valence-electron chi connectivity index (χ1n) is 13.1. The maximum absolute atomic E-state index is 12.7. The first-order chi connectivity index (χ1) is 21.1. The monoisotopic (exact) mass is 782 g/mol. The first kappa shape index (κ1) is 33.7. The van der Waals surface area contributed by atoms with Crippen LogP contribution >= 0.6 is 67.3 Å². The predicted molar refractivity (Wildman–Crippen MR) is 181 cm³/mol. The molecule has 14 heteroatoms. The Bertz CT molecular complexity index is 1630. The van der Waals surface area contributed by atoms with Crippen molar-refractivity contribution in [2.75, 3.05) is 13.2 Å². The highest BCUT2D eigenvalue weighted by Gasteiger charge is 2.32. The highest BCUT2D eigenvalue weighted by molar-refractivity contribution is 9.11. The van der Waals surface area contributed by atoms with Gasteiger partial charge in [0.05, 0.1) is 43.4 Å². The molecule has 0 spiro atoms. The third-order valence-electron chi connectivity index (χ3n) is 6.14. The van der Waals surface area contributed by atoms with Crippen LogP contribution in [-0.2, 0) is 20.9 Å². The maximum Gasteiger partial charge on any atom is 0.338 e. The van der Waals surface area contributed by atoms with Crippen LogP contribution in [0.15, 0.2) is 79.9 Å². The molecule has 9 nitrogen and oxygen atoms in total. The smallest absolute Gasteiger partial charge is 0.338 e. The minimum atomic E-state index is -0.632. The summed E-state index contributed by atoms with van der Waals surface area (Å²) in [5.74, 6) is 0.0165. The van der Waals surface area contributed by atoms with Crippen LogP contribution in [-0.4, -0.2) is 36.4 Å². The number of ether oxygens (including phenoxy) is 3. The predicted octanol–water partition coefficient (Wildman–Crippen LogP) is 6.98. The molecular formula is C30H26Br2Cl2N4O5S. The van der Waals surface area contributed by atoms with E-state index in [1.165, 1.54) is 6.21 Å². The van der Waals surface area contributed by atoms with E-state index in [2.05, 4.69) is 53.0 Å². The molecule has 0 saturated heterocycles. The Balaban J connectivity index is 1.37. The van der Waals surface area contributed by atoms with Crippen molar-refractivity contribution < 1.29 is 23.8 Å². The molecule has 0 unspecified atom stereocenters. The minimum Gasteiger partial charge on any atom is -0.487 e. The normalized spacial score (nSPS) is 14.6. The molecule has 3 aromatic carbocycles. The summed E-state index contributed by atoms with van der Waals surface area (Å²) in [5, 5.41) is 11.4. The van der Waals surface area contributed by atoms with Crippen LogP contribution in [0.4, 0.5) is 0 Å². The number of esters is 1. The number of allylic oxidation sites excluding steroid dienone is 1. The van der Waals surface area contributed by atoms with Gasteiger partial charge in [0.15, 0.2) is 11.7 Å². The molecule has 0 aromatic heterocycles. The number of nitrogens with zero attached hydrogens (tertiary/aromatic N) is 1. The maximum atomic E-state index is 12.7. The van der Waals surface area contributed by atoms with E-state index in [-0.39, 0.29) is 19.8 Å². The van der Waals surface area contributed by atoms with Crippen LogP contribution in [0, 0.1) is 0 Å².